The van der Waals surface area contributed by atoms with E-state index in [1.807, 2.05) is 22.6 Å². The maximum atomic E-state index is 10.5. The van der Waals surface area contributed by atoms with E-state index >= 15 is 0 Å². The molecule has 0 N–H and O–H groups in total. The third-order valence-corrected chi connectivity index (χ3v) is 4.13. The minimum atomic E-state index is -0.405. The molecule has 12 heavy (non-hydrogen) atoms. The number of rotatable bonds is 1. The largest absolute Gasteiger partial charge is 0.284 e. The molecule has 0 saturated heterocycles. The van der Waals surface area contributed by atoms with Crippen LogP contribution < -0.4 is 0 Å². The lowest BCUT2D eigenvalue weighted by atomic mass is 10.3. The van der Waals surface area contributed by atoms with Crippen LogP contribution in [0.3, 0.4) is 0 Å². The molecule has 64 valence electrons. The van der Waals surface area contributed by atoms with E-state index < -0.39 is 4.92 Å². The molecule has 0 bridgehead atoms. The Morgan fingerprint density at radius 3 is 2.50 bits per heavy atom. The summed E-state index contributed by atoms with van der Waals surface area (Å²) in [7, 11) is 0. The molecule has 1 rings (SSSR count). The average Bonchev–Trinajstić information content (AvgIpc) is 1.96. The van der Waals surface area contributed by atoms with Gasteiger partial charge in [0.1, 0.15) is 3.57 Å². The molecule has 6 heteroatoms. The highest BCUT2D eigenvalue weighted by molar-refractivity contribution is 14.1. The third-order valence-electron chi connectivity index (χ3n) is 1.17. The van der Waals surface area contributed by atoms with Gasteiger partial charge in [0.05, 0.1) is 4.92 Å². The smallest absolute Gasteiger partial charge is 0.258 e. The summed E-state index contributed by atoms with van der Waals surface area (Å²) in [6.45, 7) is 0. The molecule has 1 aromatic rings. The van der Waals surface area contributed by atoms with E-state index in [1.54, 1.807) is 6.07 Å². The number of nitro benzene ring substituents is 1. The van der Waals surface area contributed by atoms with Gasteiger partial charge in [0.25, 0.3) is 5.69 Å². The van der Waals surface area contributed by atoms with Crippen molar-refractivity contribution >= 4 is 60.1 Å². The second-order valence-corrected chi connectivity index (χ2v) is 4.83. The van der Waals surface area contributed by atoms with E-state index in [-0.39, 0.29) is 5.69 Å². The number of hydrogen-bond donors (Lipinski definition) is 0. The summed E-state index contributed by atoms with van der Waals surface area (Å²) >= 11 is 8.33. The monoisotopic (exact) mass is 405 g/mol. The molecule has 3 nitrogen and oxygen atoms in total. The number of hydrogen-bond acceptors (Lipinski definition) is 2. The van der Waals surface area contributed by atoms with E-state index in [1.165, 1.54) is 6.07 Å². The number of nitrogens with zero attached hydrogens (tertiary/aromatic N) is 1. The van der Waals surface area contributed by atoms with Crippen LogP contribution >= 0.6 is 54.5 Å². The Hall–Kier alpha value is 0.310. The molecule has 0 spiro atoms. The van der Waals surface area contributed by atoms with Crippen molar-refractivity contribution in [3.05, 3.63) is 34.8 Å². The van der Waals surface area contributed by atoms with Crippen molar-refractivity contribution in [1.29, 1.82) is 0 Å². The lowest BCUT2D eigenvalue weighted by Gasteiger charge is -1.98. The van der Waals surface area contributed by atoms with Crippen molar-refractivity contribution in [3.8, 4) is 0 Å². The van der Waals surface area contributed by atoms with Crippen LogP contribution in [0.25, 0.3) is 0 Å². The first kappa shape index (κ1) is 10.4. The van der Waals surface area contributed by atoms with E-state index in [9.17, 15) is 10.1 Å². The van der Waals surface area contributed by atoms with Crippen molar-refractivity contribution in [1.82, 2.24) is 0 Å². The first-order valence-electron chi connectivity index (χ1n) is 2.81. The Balaban J connectivity index is 3.37. The van der Waals surface area contributed by atoms with E-state index in [2.05, 4.69) is 31.9 Å². The molecular formula is C6H2Br2INO2. The van der Waals surface area contributed by atoms with Crippen molar-refractivity contribution in [2.24, 2.45) is 0 Å². The molecule has 0 radical (unpaired) electrons. The van der Waals surface area contributed by atoms with Crippen LogP contribution in [0.4, 0.5) is 5.69 Å². The first-order valence-corrected chi connectivity index (χ1v) is 5.48. The first-order chi connectivity index (χ1) is 5.52. The fourth-order valence-corrected chi connectivity index (χ4v) is 2.39. The van der Waals surface area contributed by atoms with Crippen molar-refractivity contribution in [2.45, 2.75) is 0 Å². The SMILES string of the molecule is O=[N+]([O-])c1cc(Br)cc(Br)c1I. The quantitative estimate of drug-likeness (QED) is 0.309. The number of halogens is 3. The van der Waals surface area contributed by atoms with Crippen molar-refractivity contribution in [2.75, 3.05) is 0 Å². The minimum absolute atomic E-state index is 0.108. The van der Waals surface area contributed by atoms with E-state index in [0.717, 1.165) is 4.47 Å². The van der Waals surface area contributed by atoms with Crippen LogP contribution in [0.15, 0.2) is 21.1 Å². The maximum absolute atomic E-state index is 10.5. The van der Waals surface area contributed by atoms with Gasteiger partial charge >= 0.3 is 0 Å². The van der Waals surface area contributed by atoms with Crippen LogP contribution in [-0.2, 0) is 0 Å². The van der Waals surface area contributed by atoms with Gasteiger partial charge in [0.15, 0.2) is 0 Å². The molecule has 0 heterocycles. The van der Waals surface area contributed by atoms with Gasteiger partial charge in [-0.2, -0.15) is 0 Å². The summed E-state index contributed by atoms with van der Waals surface area (Å²) in [5, 5.41) is 10.5. The summed E-state index contributed by atoms with van der Waals surface area (Å²) in [5.41, 5.74) is 0.108. The van der Waals surface area contributed by atoms with Crippen LogP contribution in [0.5, 0.6) is 0 Å². The predicted octanol–water partition coefficient (Wildman–Crippen LogP) is 3.72. The zero-order valence-electron chi connectivity index (χ0n) is 5.55. The molecule has 0 aliphatic carbocycles. The molecule has 0 atom stereocenters. The van der Waals surface area contributed by atoms with Gasteiger partial charge in [-0.3, -0.25) is 10.1 Å². The van der Waals surface area contributed by atoms with Crippen LogP contribution in [0.1, 0.15) is 0 Å². The Morgan fingerprint density at radius 1 is 1.42 bits per heavy atom. The van der Waals surface area contributed by atoms with E-state index in [4.69, 9.17) is 0 Å². The zero-order valence-corrected chi connectivity index (χ0v) is 10.9. The van der Waals surface area contributed by atoms with E-state index in [0.29, 0.717) is 8.04 Å². The fraction of sp³-hybridized carbons (Fsp3) is 0. The van der Waals surface area contributed by atoms with Gasteiger partial charge < -0.3 is 0 Å². The summed E-state index contributed by atoms with van der Waals surface area (Å²) < 4.78 is 2.03. The van der Waals surface area contributed by atoms with Crippen LogP contribution in [-0.4, -0.2) is 4.92 Å². The average molecular weight is 407 g/mol. The maximum Gasteiger partial charge on any atom is 0.284 e. The van der Waals surface area contributed by atoms with Crippen LogP contribution in [0.2, 0.25) is 0 Å². The summed E-state index contributed by atoms with van der Waals surface area (Å²) in [6.07, 6.45) is 0. The topological polar surface area (TPSA) is 43.1 Å². The van der Waals surface area contributed by atoms with Gasteiger partial charge in [-0.15, -0.1) is 0 Å². The molecule has 1 aromatic carbocycles. The molecule has 0 aliphatic rings. The molecular weight excluding hydrogens is 405 g/mol. The Bertz CT molecular complexity index is 343. The lowest BCUT2D eigenvalue weighted by Crippen LogP contribution is -1.92. The third kappa shape index (κ3) is 2.17. The van der Waals surface area contributed by atoms with Gasteiger partial charge in [-0.25, -0.2) is 0 Å². The number of benzene rings is 1. The van der Waals surface area contributed by atoms with Gasteiger partial charge in [0, 0.05) is 15.0 Å². The second-order valence-electron chi connectivity index (χ2n) is 1.98. The van der Waals surface area contributed by atoms with Crippen LogP contribution in [0, 0.1) is 13.7 Å². The molecule has 0 amide bonds. The predicted molar refractivity (Wildman–Crippen MR) is 61.2 cm³/mol. The normalized spacial score (nSPS) is 9.92. The zero-order chi connectivity index (χ0) is 9.30. The second kappa shape index (κ2) is 4.01. The lowest BCUT2D eigenvalue weighted by molar-refractivity contribution is -0.385. The summed E-state index contributed by atoms with van der Waals surface area (Å²) in [6, 6.07) is 3.25. The summed E-state index contributed by atoms with van der Waals surface area (Å²) in [5.74, 6) is 0. The highest BCUT2D eigenvalue weighted by Gasteiger charge is 2.14. The number of nitro groups is 1. The molecule has 0 fully saturated rings. The fourth-order valence-electron chi connectivity index (χ4n) is 0.675. The Morgan fingerprint density at radius 2 is 2.00 bits per heavy atom. The molecule has 0 aromatic heterocycles. The Kier molecular flexibility index (Phi) is 3.47. The standard InChI is InChI=1S/C6H2Br2INO2/c7-3-1-4(8)6(9)5(2-3)10(11)12/h1-2H. The van der Waals surface area contributed by atoms with Gasteiger partial charge in [-0.05, 0) is 44.6 Å². The van der Waals surface area contributed by atoms with Gasteiger partial charge in [0.2, 0.25) is 0 Å². The summed E-state index contributed by atoms with van der Waals surface area (Å²) in [4.78, 5) is 10.1. The minimum Gasteiger partial charge on any atom is -0.258 e. The molecule has 0 unspecified atom stereocenters. The van der Waals surface area contributed by atoms with Crippen molar-refractivity contribution in [3.63, 3.8) is 0 Å². The Labute approximate surface area is 99.1 Å². The van der Waals surface area contributed by atoms with Crippen molar-refractivity contribution < 1.29 is 4.92 Å². The highest BCUT2D eigenvalue weighted by atomic mass is 127. The molecule has 0 aliphatic heterocycles. The highest BCUT2D eigenvalue weighted by Crippen LogP contribution is 2.31. The van der Waals surface area contributed by atoms with Gasteiger partial charge in [-0.1, -0.05) is 15.9 Å². The molecule has 0 saturated carbocycles.